The number of likely N-dealkylation sites (N-methyl/N-ethyl adjacent to an activating group) is 2. The van der Waals surface area contributed by atoms with Crippen LogP contribution in [0.4, 0.5) is 0 Å². The third kappa shape index (κ3) is 11.2. The summed E-state index contributed by atoms with van der Waals surface area (Å²) in [7, 11) is 4.17. The lowest BCUT2D eigenvalue weighted by Gasteiger charge is -2.30. The van der Waals surface area contributed by atoms with Crippen LogP contribution in [-0.2, 0) is 9.59 Å². The van der Waals surface area contributed by atoms with Crippen LogP contribution in [-0.4, -0.2) is 60.1 Å². The predicted octanol–water partition coefficient (Wildman–Crippen LogP) is 4.36. The van der Waals surface area contributed by atoms with Gasteiger partial charge in [0.2, 0.25) is 0 Å². The van der Waals surface area contributed by atoms with Crippen LogP contribution in [0, 0.1) is 11.8 Å². The zero-order valence-corrected chi connectivity index (χ0v) is 19.1. The van der Waals surface area contributed by atoms with E-state index in [0.717, 1.165) is 13.1 Å². The Hall–Kier alpha value is -1.26. The molecule has 1 aliphatic heterocycles. The van der Waals surface area contributed by atoms with Gasteiger partial charge in [0.25, 0.3) is 0 Å². The van der Waals surface area contributed by atoms with Crippen LogP contribution in [0.1, 0.15) is 61.3 Å². The van der Waals surface area contributed by atoms with Gasteiger partial charge in [-0.25, -0.2) is 0 Å². The second kappa shape index (κ2) is 12.2. The van der Waals surface area contributed by atoms with Gasteiger partial charge < -0.3 is 0 Å². The van der Waals surface area contributed by atoms with Gasteiger partial charge in [-0.1, -0.05) is 39.8 Å². The Balaban J connectivity index is 0.000000501. The summed E-state index contributed by atoms with van der Waals surface area (Å²) >= 11 is 0. The molecule has 1 atom stereocenters. The minimum atomic E-state index is 0.103. The highest BCUT2D eigenvalue weighted by molar-refractivity contribution is 5.91. The van der Waals surface area contributed by atoms with E-state index in [2.05, 4.69) is 50.7 Å². The zero-order valence-electron chi connectivity index (χ0n) is 19.1. The molecule has 0 amide bonds. The Morgan fingerprint density at radius 3 is 2.00 bits per heavy atom. The minimum Gasteiger partial charge on any atom is -0.300 e. The Morgan fingerprint density at radius 1 is 1.07 bits per heavy atom. The third-order valence-corrected chi connectivity index (χ3v) is 5.00. The van der Waals surface area contributed by atoms with Crippen LogP contribution in [0.15, 0.2) is 24.3 Å². The average Bonchev–Trinajstić information content (AvgIpc) is 2.96. The first-order valence-electron chi connectivity index (χ1n) is 10.2. The van der Waals surface area contributed by atoms with E-state index in [1.807, 2.05) is 33.8 Å². The van der Waals surface area contributed by atoms with E-state index in [1.165, 1.54) is 12.8 Å². The number of rotatable bonds is 7. The molecule has 0 aromatic heterocycles. The van der Waals surface area contributed by atoms with Crippen LogP contribution in [0.5, 0.6) is 0 Å². The van der Waals surface area contributed by atoms with Crippen molar-refractivity contribution >= 4 is 11.6 Å². The Morgan fingerprint density at radius 2 is 1.59 bits per heavy atom. The average molecular weight is 379 g/mol. The molecule has 0 saturated carbocycles. The van der Waals surface area contributed by atoms with Crippen molar-refractivity contribution in [3.8, 4) is 0 Å². The van der Waals surface area contributed by atoms with Crippen molar-refractivity contribution < 1.29 is 9.59 Å². The van der Waals surface area contributed by atoms with Gasteiger partial charge in [0.1, 0.15) is 0 Å². The highest BCUT2D eigenvalue weighted by atomic mass is 16.1. The van der Waals surface area contributed by atoms with E-state index < -0.39 is 0 Å². The number of nitrogens with zero attached hydrogens (tertiary/aromatic N) is 2. The zero-order chi connectivity index (χ0) is 21.2. The monoisotopic (exact) mass is 378 g/mol. The van der Waals surface area contributed by atoms with Crippen molar-refractivity contribution in [3.05, 3.63) is 24.3 Å². The summed E-state index contributed by atoms with van der Waals surface area (Å²) < 4.78 is 0. The van der Waals surface area contributed by atoms with Gasteiger partial charge in [-0.05, 0) is 66.4 Å². The summed E-state index contributed by atoms with van der Waals surface area (Å²) in [6.07, 6.45) is 9.87. The minimum absolute atomic E-state index is 0.103. The van der Waals surface area contributed by atoms with Crippen molar-refractivity contribution in [3.63, 3.8) is 0 Å². The first-order chi connectivity index (χ1) is 12.4. The predicted molar refractivity (Wildman–Crippen MR) is 116 cm³/mol. The van der Waals surface area contributed by atoms with E-state index in [0.29, 0.717) is 6.04 Å². The van der Waals surface area contributed by atoms with Gasteiger partial charge in [-0.3, -0.25) is 19.4 Å². The van der Waals surface area contributed by atoms with Gasteiger partial charge in [0.15, 0.2) is 11.6 Å². The molecule has 0 N–H and O–H groups in total. The van der Waals surface area contributed by atoms with Gasteiger partial charge in [0, 0.05) is 30.0 Å². The lowest BCUT2D eigenvalue weighted by Crippen LogP contribution is -2.38. The fourth-order valence-electron chi connectivity index (χ4n) is 2.37. The van der Waals surface area contributed by atoms with Crippen molar-refractivity contribution in [2.45, 2.75) is 72.9 Å². The quantitative estimate of drug-likeness (QED) is 0.617. The maximum Gasteiger partial charge on any atom is 0.157 e. The molecular formula is C23H42N2O2. The Kier molecular flexibility index (Phi) is 11.7. The van der Waals surface area contributed by atoms with Crippen LogP contribution < -0.4 is 0 Å². The summed E-state index contributed by atoms with van der Waals surface area (Å²) in [5.41, 5.74) is 0.158. The van der Waals surface area contributed by atoms with Crippen molar-refractivity contribution in [2.24, 2.45) is 11.8 Å². The molecule has 1 unspecified atom stereocenters. The lowest BCUT2D eigenvalue weighted by molar-refractivity contribution is -0.118. The van der Waals surface area contributed by atoms with Gasteiger partial charge in [-0.15, -0.1) is 0 Å². The van der Waals surface area contributed by atoms with E-state index >= 15 is 0 Å². The molecule has 1 aliphatic rings. The maximum atomic E-state index is 11.3. The Bertz CT molecular complexity index is 513. The molecule has 0 spiro atoms. The summed E-state index contributed by atoms with van der Waals surface area (Å²) in [6.45, 7) is 16.2. The van der Waals surface area contributed by atoms with E-state index in [1.54, 1.807) is 12.2 Å². The molecule has 0 aromatic carbocycles. The van der Waals surface area contributed by atoms with E-state index in [9.17, 15) is 9.59 Å². The number of hydrogen-bond acceptors (Lipinski definition) is 4. The highest BCUT2D eigenvalue weighted by Gasteiger charge is 2.18. The normalized spacial score (nSPS) is 18.7. The molecule has 1 rings (SSSR count). The molecule has 27 heavy (non-hydrogen) atoms. The van der Waals surface area contributed by atoms with Crippen molar-refractivity contribution in [1.29, 1.82) is 0 Å². The van der Waals surface area contributed by atoms with Crippen LogP contribution in [0.3, 0.4) is 0 Å². The number of ketones is 2. The van der Waals surface area contributed by atoms with Crippen LogP contribution in [0.2, 0.25) is 0 Å². The van der Waals surface area contributed by atoms with Crippen molar-refractivity contribution in [1.82, 2.24) is 9.80 Å². The van der Waals surface area contributed by atoms with Gasteiger partial charge in [0.05, 0.1) is 0 Å². The smallest absolute Gasteiger partial charge is 0.157 e. The number of carbonyl (C=O) groups is 2. The third-order valence-electron chi connectivity index (χ3n) is 5.00. The molecule has 4 heteroatoms. The number of allylic oxidation sites excluding steroid dienone is 2. The molecule has 1 heterocycles. The van der Waals surface area contributed by atoms with E-state index in [-0.39, 0.29) is 28.9 Å². The molecule has 4 nitrogen and oxygen atoms in total. The summed E-state index contributed by atoms with van der Waals surface area (Å²) in [6, 6.07) is 0.489. The topological polar surface area (TPSA) is 40.6 Å². The number of hydrogen-bond donors (Lipinski definition) is 0. The second-order valence-electron chi connectivity index (χ2n) is 9.12. The SMILES string of the molecule is CC(C)C(=O)/C=C/C1CCCN1C.CC(C)C(=O)/C=C/CN(C)C(C)(C)C. The first kappa shape index (κ1) is 25.7. The van der Waals surface area contributed by atoms with Crippen molar-refractivity contribution in [2.75, 3.05) is 27.2 Å². The number of carbonyl (C=O) groups excluding carboxylic acids is 2. The lowest BCUT2D eigenvalue weighted by atomic mass is 10.1. The largest absolute Gasteiger partial charge is 0.300 e. The first-order valence-corrected chi connectivity index (χ1v) is 10.2. The van der Waals surface area contributed by atoms with E-state index in [4.69, 9.17) is 0 Å². The summed E-state index contributed by atoms with van der Waals surface area (Å²) in [5, 5.41) is 0. The standard InChI is InChI=1S/C12H23NO.C11H19NO/c1-10(2)11(14)8-7-9-13(6)12(3,4)5;1-9(2)11(13)7-6-10-5-4-8-12(10)3/h7-8,10H,9H2,1-6H3;6-7,9-10H,4-5,8H2,1-3H3/b8-7+;7-6+. The molecular weight excluding hydrogens is 336 g/mol. The van der Waals surface area contributed by atoms with Gasteiger partial charge in [-0.2, -0.15) is 0 Å². The van der Waals surface area contributed by atoms with Gasteiger partial charge >= 0.3 is 0 Å². The molecule has 0 aliphatic carbocycles. The molecule has 156 valence electrons. The molecule has 1 fully saturated rings. The fraction of sp³-hybridized carbons (Fsp3) is 0.739. The maximum absolute atomic E-state index is 11.3. The Labute approximate surface area is 167 Å². The molecule has 0 bridgehead atoms. The number of likely N-dealkylation sites (tertiary alicyclic amines) is 1. The molecule has 1 saturated heterocycles. The van der Waals surface area contributed by atoms with Crippen LogP contribution >= 0.6 is 0 Å². The van der Waals surface area contributed by atoms with Crippen LogP contribution in [0.25, 0.3) is 0 Å². The summed E-state index contributed by atoms with van der Waals surface area (Å²) in [5.74, 6) is 0.668. The fourth-order valence-corrected chi connectivity index (χ4v) is 2.37. The highest BCUT2D eigenvalue weighted by Crippen LogP contribution is 2.15. The molecule has 0 aromatic rings. The second-order valence-corrected chi connectivity index (χ2v) is 9.12. The molecule has 0 radical (unpaired) electrons. The summed E-state index contributed by atoms with van der Waals surface area (Å²) in [4.78, 5) is 27.1.